The highest BCUT2D eigenvalue weighted by Gasteiger charge is 2.74. The summed E-state index contributed by atoms with van der Waals surface area (Å²) in [4.78, 5) is 44.4. The van der Waals surface area contributed by atoms with E-state index in [1.165, 1.54) is 4.90 Å². The van der Waals surface area contributed by atoms with Gasteiger partial charge in [-0.25, -0.2) is 0 Å². The van der Waals surface area contributed by atoms with Crippen molar-refractivity contribution in [1.29, 1.82) is 0 Å². The quantitative estimate of drug-likeness (QED) is 0.495. The molecule has 4 heterocycles. The highest BCUT2D eigenvalue weighted by atomic mass is 16.6. The van der Waals surface area contributed by atoms with Gasteiger partial charge in [-0.05, 0) is 39.0 Å². The lowest BCUT2D eigenvalue weighted by Crippen LogP contribution is -2.60. The second kappa shape index (κ2) is 8.19. The van der Waals surface area contributed by atoms with Crippen molar-refractivity contribution in [2.24, 2.45) is 17.3 Å². The largest absolute Gasteiger partial charge is 0.465 e. The van der Waals surface area contributed by atoms with Crippen LogP contribution in [0, 0.1) is 17.3 Å². The molecule has 0 aliphatic carbocycles. The van der Waals surface area contributed by atoms with Gasteiger partial charge in [-0.2, -0.15) is 0 Å². The molecule has 34 heavy (non-hydrogen) atoms. The van der Waals surface area contributed by atoms with E-state index in [0.717, 1.165) is 6.42 Å². The molecular weight excluding hydrogens is 436 g/mol. The van der Waals surface area contributed by atoms with Crippen LogP contribution in [0.25, 0.3) is 0 Å². The van der Waals surface area contributed by atoms with Gasteiger partial charge in [0.05, 0.1) is 24.7 Å². The fraction of sp³-hybridized carbons (Fsp3) is 0.731. The van der Waals surface area contributed by atoms with Gasteiger partial charge in [-0.3, -0.25) is 14.4 Å². The second-order valence-corrected chi connectivity index (χ2v) is 12.0. The minimum absolute atomic E-state index is 0.00739. The first-order valence-electron chi connectivity index (χ1n) is 12.2. The first-order valence-corrected chi connectivity index (χ1v) is 12.2. The first-order chi connectivity index (χ1) is 15.8. The number of hydrogen-bond acceptors (Lipinski definition) is 6. The Bertz CT molecular complexity index is 934. The Morgan fingerprint density at radius 2 is 1.76 bits per heavy atom. The lowest BCUT2D eigenvalue weighted by Gasteiger charge is -2.44. The zero-order chi connectivity index (χ0) is 25.1. The molecule has 8 nitrogen and oxygen atoms in total. The molecule has 1 spiro atoms. The third-order valence-electron chi connectivity index (χ3n) is 7.55. The summed E-state index contributed by atoms with van der Waals surface area (Å²) >= 11 is 0. The first kappa shape index (κ1) is 24.9. The van der Waals surface area contributed by atoms with Crippen molar-refractivity contribution in [3.8, 4) is 0 Å². The molecule has 2 fully saturated rings. The molecule has 0 bridgehead atoms. The Morgan fingerprint density at radius 1 is 1.06 bits per heavy atom. The lowest BCUT2D eigenvalue weighted by atomic mass is 9.74. The second-order valence-electron chi connectivity index (χ2n) is 12.0. The highest BCUT2D eigenvalue weighted by molar-refractivity contribution is 5.99. The number of esters is 1. The molecule has 8 heteroatoms. The molecule has 188 valence electrons. The number of aliphatic hydroxyl groups is 1. The van der Waals surface area contributed by atoms with Crippen LogP contribution in [0.1, 0.15) is 54.4 Å². The summed E-state index contributed by atoms with van der Waals surface area (Å²) < 4.78 is 12.1. The van der Waals surface area contributed by atoms with E-state index in [2.05, 4.69) is 20.8 Å². The average molecular weight is 475 g/mol. The molecule has 0 radical (unpaired) electrons. The Morgan fingerprint density at radius 3 is 2.41 bits per heavy atom. The Hall–Kier alpha value is -2.19. The van der Waals surface area contributed by atoms with Gasteiger partial charge in [0.25, 0.3) is 0 Å². The molecule has 1 N–H and O–H groups in total. The number of carbonyl (C=O) groups is 3. The van der Waals surface area contributed by atoms with Gasteiger partial charge in [-0.15, -0.1) is 0 Å². The summed E-state index contributed by atoms with van der Waals surface area (Å²) in [5, 5.41) is 9.77. The van der Waals surface area contributed by atoms with Crippen LogP contribution < -0.4 is 0 Å². The number of nitrogens with zero attached hydrogens (tertiary/aromatic N) is 2. The minimum atomic E-state index is -1.32. The zero-order valence-electron chi connectivity index (χ0n) is 21.2. The van der Waals surface area contributed by atoms with E-state index in [1.807, 2.05) is 43.1 Å². The lowest BCUT2D eigenvalue weighted by molar-refractivity contribution is -0.161. The number of ether oxygens (including phenoxy) is 2. The Labute approximate surface area is 201 Å². The van der Waals surface area contributed by atoms with Crippen LogP contribution >= 0.6 is 0 Å². The Balaban J connectivity index is 1.84. The van der Waals surface area contributed by atoms with Crippen LogP contribution in [0.5, 0.6) is 0 Å². The van der Waals surface area contributed by atoms with Gasteiger partial charge in [0, 0.05) is 18.6 Å². The molecule has 4 aliphatic heterocycles. The molecule has 2 saturated heterocycles. The smallest absolute Gasteiger partial charge is 0.313 e. The molecule has 4 rings (SSSR count). The maximum Gasteiger partial charge on any atom is 0.313 e. The number of aliphatic hydroxyl groups excluding tert-OH is 1. The van der Waals surface area contributed by atoms with E-state index >= 15 is 0 Å². The summed E-state index contributed by atoms with van der Waals surface area (Å²) in [7, 11) is 0. The number of cyclic esters (lactones) is 1. The van der Waals surface area contributed by atoms with Crippen molar-refractivity contribution >= 4 is 17.8 Å². The van der Waals surface area contributed by atoms with Crippen LogP contribution in [0.2, 0.25) is 0 Å². The van der Waals surface area contributed by atoms with Gasteiger partial charge in [0.1, 0.15) is 17.6 Å². The van der Waals surface area contributed by atoms with Crippen LogP contribution in [-0.4, -0.2) is 81.8 Å². The van der Waals surface area contributed by atoms with Crippen molar-refractivity contribution in [2.45, 2.75) is 77.2 Å². The predicted octanol–water partition coefficient (Wildman–Crippen LogP) is 2.07. The van der Waals surface area contributed by atoms with Crippen LogP contribution in [0.15, 0.2) is 24.3 Å². The van der Waals surface area contributed by atoms with Gasteiger partial charge in [0.2, 0.25) is 11.8 Å². The fourth-order valence-corrected chi connectivity index (χ4v) is 6.77. The van der Waals surface area contributed by atoms with Gasteiger partial charge in [-0.1, -0.05) is 45.1 Å². The summed E-state index contributed by atoms with van der Waals surface area (Å²) in [6.07, 6.45) is 8.78. The zero-order valence-corrected chi connectivity index (χ0v) is 21.2. The number of β-amino-alcohol motifs (C(OH)–C–C–N with tert-alkyl or cyclic N) is 1. The molecule has 5 atom stereocenters. The van der Waals surface area contributed by atoms with Crippen LogP contribution in [0.4, 0.5) is 0 Å². The monoisotopic (exact) mass is 474 g/mol. The summed E-state index contributed by atoms with van der Waals surface area (Å²) in [5.41, 5.74) is -2.90. The third-order valence-corrected chi connectivity index (χ3v) is 7.55. The number of hydrogen-bond donors (Lipinski definition) is 1. The van der Waals surface area contributed by atoms with Gasteiger partial charge in [0.15, 0.2) is 0 Å². The molecule has 0 saturated carbocycles. The molecule has 0 aromatic rings. The SMILES string of the molecule is CC(C)(C)CC(C)(C)N1CC=C[C@]23O[C@@]4(C)C=CCCOC(=O)[C@H]4[C@H]2C(=O)N(CCO)C3C1=O. The maximum atomic E-state index is 14.3. The Kier molecular flexibility index (Phi) is 6.00. The predicted molar refractivity (Wildman–Crippen MR) is 126 cm³/mol. The number of likely N-dealkylation sites (tertiary alicyclic amines) is 1. The van der Waals surface area contributed by atoms with E-state index < -0.39 is 40.6 Å². The van der Waals surface area contributed by atoms with E-state index in [9.17, 15) is 19.5 Å². The fourth-order valence-electron chi connectivity index (χ4n) is 6.77. The van der Waals surface area contributed by atoms with E-state index in [-0.39, 0.29) is 37.0 Å². The number of carbonyl (C=O) groups excluding carboxylic acids is 3. The standard InChI is InChI=1S/C26H38N2O6/c1-23(2,3)16-24(4,5)28-12-9-11-26-17(20(30)27(13-14-29)19(26)21(28)31)18-22(32)33-15-8-7-10-25(18,6)34-26/h7,9-11,17-19,29H,8,12-16H2,1-6H3/t17-,18+,19?,25-,26-/m0/s1. The molecule has 0 aromatic carbocycles. The highest BCUT2D eigenvalue weighted by Crippen LogP contribution is 2.57. The van der Waals surface area contributed by atoms with Crippen LogP contribution in [-0.2, 0) is 23.9 Å². The molecule has 0 aromatic heterocycles. The van der Waals surface area contributed by atoms with E-state index in [4.69, 9.17) is 9.47 Å². The van der Waals surface area contributed by atoms with Crippen molar-refractivity contribution in [3.63, 3.8) is 0 Å². The number of fused-ring (bicyclic) bond motifs is 2. The van der Waals surface area contributed by atoms with E-state index in [1.54, 1.807) is 6.92 Å². The summed E-state index contributed by atoms with van der Waals surface area (Å²) in [6, 6.07) is -0.971. The molecule has 4 aliphatic rings. The summed E-state index contributed by atoms with van der Waals surface area (Å²) in [5.74, 6) is -2.85. The topological polar surface area (TPSA) is 96.4 Å². The maximum absolute atomic E-state index is 14.3. The van der Waals surface area contributed by atoms with Crippen LogP contribution in [0.3, 0.4) is 0 Å². The average Bonchev–Trinajstić information content (AvgIpc) is 2.99. The van der Waals surface area contributed by atoms with Crippen molar-refractivity contribution in [2.75, 3.05) is 26.3 Å². The van der Waals surface area contributed by atoms with E-state index in [0.29, 0.717) is 13.0 Å². The normalized spacial score (nSPS) is 36.0. The van der Waals surface area contributed by atoms with Crippen molar-refractivity contribution in [3.05, 3.63) is 24.3 Å². The summed E-state index contributed by atoms with van der Waals surface area (Å²) in [6.45, 7) is 12.6. The van der Waals surface area contributed by atoms with Crippen molar-refractivity contribution < 1.29 is 29.0 Å². The number of amides is 2. The third kappa shape index (κ3) is 3.79. The van der Waals surface area contributed by atoms with Gasteiger partial charge >= 0.3 is 5.97 Å². The minimum Gasteiger partial charge on any atom is -0.465 e. The molecule has 1 unspecified atom stereocenters. The molecular formula is C26H38N2O6. The number of rotatable bonds is 4. The molecule has 2 amide bonds. The van der Waals surface area contributed by atoms with Gasteiger partial charge < -0.3 is 24.4 Å². The van der Waals surface area contributed by atoms with Crippen molar-refractivity contribution in [1.82, 2.24) is 9.80 Å².